The predicted octanol–water partition coefficient (Wildman–Crippen LogP) is 4.64. The molecule has 0 aliphatic heterocycles. The Bertz CT molecular complexity index is 848. The van der Waals surface area contributed by atoms with Gasteiger partial charge in [-0.05, 0) is 47.9 Å². The molecule has 0 amide bonds. The van der Waals surface area contributed by atoms with Crippen molar-refractivity contribution < 1.29 is 4.74 Å². The minimum atomic E-state index is 0.366. The number of nitrogens with zero attached hydrogens (tertiary/aromatic N) is 2. The number of methoxy groups -OCH3 is 1. The number of benzene rings is 1. The first-order chi connectivity index (χ1) is 13.2. The van der Waals surface area contributed by atoms with E-state index in [-0.39, 0.29) is 0 Å². The van der Waals surface area contributed by atoms with Gasteiger partial charge in [0.05, 0.1) is 12.8 Å². The minimum absolute atomic E-state index is 0.366. The molecule has 0 atom stereocenters. The molecule has 2 N–H and O–H groups in total. The van der Waals surface area contributed by atoms with E-state index in [2.05, 4.69) is 58.7 Å². The molecule has 27 heavy (non-hydrogen) atoms. The zero-order valence-corrected chi connectivity index (χ0v) is 16.1. The number of ether oxygens (including phenoxy) is 1. The van der Waals surface area contributed by atoms with E-state index in [1.165, 1.54) is 5.56 Å². The van der Waals surface area contributed by atoms with E-state index >= 15 is 0 Å². The smallest absolute Gasteiger partial charge is 0.237 e. The van der Waals surface area contributed by atoms with Gasteiger partial charge in [-0.3, -0.25) is 4.98 Å². The van der Waals surface area contributed by atoms with Gasteiger partial charge in [-0.2, -0.15) is 0 Å². The molecule has 5 heteroatoms. The maximum Gasteiger partial charge on any atom is 0.237 e. The maximum absolute atomic E-state index is 5.44. The normalized spacial score (nSPS) is 10.8. The van der Waals surface area contributed by atoms with Crippen LogP contribution in [0.25, 0.3) is 0 Å². The van der Waals surface area contributed by atoms with E-state index in [9.17, 15) is 0 Å². The van der Waals surface area contributed by atoms with E-state index in [0.717, 1.165) is 35.9 Å². The Balaban J connectivity index is 1.59. The second-order valence-corrected chi connectivity index (χ2v) is 6.69. The van der Waals surface area contributed by atoms with Crippen molar-refractivity contribution in [3.05, 3.63) is 77.7 Å². The Morgan fingerprint density at radius 3 is 2.44 bits per heavy atom. The van der Waals surface area contributed by atoms with Gasteiger partial charge < -0.3 is 15.4 Å². The summed E-state index contributed by atoms with van der Waals surface area (Å²) >= 11 is 0. The molecule has 0 unspecified atom stereocenters. The van der Waals surface area contributed by atoms with Crippen molar-refractivity contribution in [1.82, 2.24) is 15.3 Å². The van der Waals surface area contributed by atoms with E-state index in [0.29, 0.717) is 11.8 Å². The molecule has 0 bridgehead atoms. The van der Waals surface area contributed by atoms with Crippen LogP contribution in [0, 0.1) is 0 Å². The van der Waals surface area contributed by atoms with Crippen molar-refractivity contribution in [3.63, 3.8) is 0 Å². The van der Waals surface area contributed by atoms with Crippen molar-refractivity contribution in [3.8, 4) is 5.88 Å². The van der Waals surface area contributed by atoms with Gasteiger partial charge in [0.1, 0.15) is 5.69 Å². The lowest BCUT2D eigenvalue weighted by Gasteiger charge is -2.13. The molecule has 0 aliphatic carbocycles. The van der Waals surface area contributed by atoms with Crippen LogP contribution >= 0.6 is 0 Å². The van der Waals surface area contributed by atoms with E-state index in [4.69, 9.17) is 4.74 Å². The highest BCUT2D eigenvalue weighted by Gasteiger charge is 2.09. The van der Waals surface area contributed by atoms with Crippen LogP contribution in [-0.2, 0) is 13.1 Å². The molecule has 2 aromatic heterocycles. The summed E-state index contributed by atoms with van der Waals surface area (Å²) in [5, 5.41) is 6.79. The highest BCUT2D eigenvalue weighted by molar-refractivity contribution is 5.64. The summed E-state index contributed by atoms with van der Waals surface area (Å²) in [6.07, 6.45) is 1.81. The van der Waals surface area contributed by atoms with Gasteiger partial charge in [0.15, 0.2) is 0 Å². The first-order valence-corrected chi connectivity index (χ1v) is 9.17. The Labute approximate surface area is 160 Å². The fourth-order valence-corrected chi connectivity index (χ4v) is 2.73. The summed E-state index contributed by atoms with van der Waals surface area (Å²) < 4.78 is 5.44. The third-order valence-electron chi connectivity index (χ3n) is 4.26. The van der Waals surface area contributed by atoms with Crippen LogP contribution < -0.4 is 15.4 Å². The summed E-state index contributed by atoms with van der Waals surface area (Å²) in [5.41, 5.74) is 5.15. The molecule has 0 radical (unpaired) electrons. The predicted molar refractivity (Wildman–Crippen MR) is 109 cm³/mol. The number of anilines is 2. The van der Waals surface area contributed by atoms with Crippen LogP contribution in [0.5, 0.6) is 5.88 Å². The van der Waals surface area contributed by atoms with Gasteiger partial charge in [0.25, 0.3) is 0 Å². The molecule has 3 aromatic rings. The monoisotopic (exact) mass is 362 g/mol. The molecule has 0 saturated carbocycles. The second-order valence-electron chi connectivity index (χ2n) is 6.69. The molecule has 140 valence electrons. The zero-order valence-electron chi connectivity index (χ0n) is 16.1. The van der Waals surface area contributed by atoms with Crippen LogP contribution in [0.15, 0.2) is 60.8 Å². The van der Waals surface area contributed by atoms with Crippen molar-refractivity contribution in [2.75, 3.05) is 12.4 Å². The van der Waals surface area contributed by atoms with Crippen molar-refractivity contribution in [1.29, 1.82) is 0 Å². The van der Waals surface area contributed by atoms with Gasteiger partial charge >= 0.3 is 0 Å². The van der Waals surface area contributed by atoms with Gasteiger partial charge in [-0.15, -0.1) is 0 Å². The summed E-state index contributed by atoms with van der Waals surface area (Å²) in [4.78, 5) is 8.89. The lowest BCUT2D eigenvalue weighted by Crippen LogP contribution is -2.13. The third-order valence-corrected chi connectivity index (χ3v) is 4.26. The van der Waals surface area contributed by atoms with Crippen LogP contribution in [0.4, 0.5) is 11.4 Å². The first kappa shape index (κ1) is 18.9. The van der Waals surface area contributed by atoms with Gasteiger partial charge in [-0.1, -0.05) is 32.0 Å². The average Bonchev–Trinajstić information content (AvgIpc) is 2.70. The third kappa shape index (κ3) is 5.28. The zero-order chi connectivity index (χ0) is 19.1. The van der Waals surface area contributed by atoms with E-state index in [1.54, 1.807) is 7.11 Å². The molecular formula is C22H26N4O. The topological polar surface area (TPSA) is 59.1 Å². The largest absolute Gasteiger partial charge is 0.480 e. The number of rotatable bonds is 8. The summed E-state index contributed by atoms with van der Waals surface area (Å²) in [7, 11) is 1.65. The van der Waals surface area contributed by atoms with E-state index in [1.807, 2.05) is 36.5 Å². The number of nitrogens with one attached hydrogen (secondary N) is 2. The summed E-state index contributed by atoms with van der Waals surface area (Å²) in [6, 6.07) is 18.3. The number of hydrogen-bond donors (Lipinski definition) is 2. The Hall–Kier alpha value is -2.92. The van der Waals surface area contributed by atoms with Crippen LogP contribution in [-0.4, -0.2) is 17.1 Å². The fraction of sp³-hybridized carbons (Fsp3) is 0.273. The lowest BCUT2D eigenvalue weighted by atomic mass is 10.1. The van der Waals surface area contributed by atoms with Gasteiger partial charge in [-0.25, -0.2) is 4.98 Å². The minimum Gasteiger partial charge on any atom is -0.480 e. The second kappa shape index (κ2) is 9.14. The van der Waals surface area contributed by atoms with Crippen molar-refractivity contribution >= 4 is 11.4 Å². The molecule has 5 nitrogen and oxygen atoms in total. The molecular weight excluding hydrogens is 336 g/mol. The van der Waals surface area contributed by atoms with Crippen molar-refractivity contribution in [2.45, 2.75) is 32.9 Å². The lowest BCUT2D eigenvalue weighted by molar-refractivity contribution is 0.398. The highest BCUT2D eigenvalue weighted by Crippen LogP contribution is 2.28. The molecule has 0 fully saturated rings. The SMILES string of the molecule is COc1nc(C(C)C)ccc1Nc1ccc(CNCc2ccccn2)cc1. The molecule has 1 aromatic carbocycles. The van der Waals surface area contributed by atoms with Gasteiger partial charge in [0, 0.05) is 30.7 Å². The van der Waals surface area contributed by atoms with Crippen LogP contribution in [0.2, 0.25) is 0 Å². The standard InChI is InChI=1S/C22H26N4O/c1-16(2)20-11-12-21(22(26-20)27-3)25-18-9-7-17(8-10-18)14-23-15-19-6-4-5-13-24-19/h4-13,16,23,25H,14-15H2,1-3H3. The Kier molecular flexibility index (Phi) is 6.39. The molecule has 0 spiro atoms. The fourth-order valence-electron chi connectivity index (χ4n) is 2.73. The first-order valence-electron chi connectivity index (χ1n) is 9.17. The van der Waals surface area contributed by atoms with Crippen LogP contribution in [0.3, 0.4) is 0 Å². The average molecular weight is 362 g/mol. The number of aromatic nitrogens is 2. The quantitative estimate of drug-likeness (QED) is 0.611. The van der Waals surface area contributed by atoms with Crippen LogP contribution in [0.1, 0.15) is 36.7 Å². The summed E-state index contributed by atoms with van der Waals surface area (Å²) in [5.74, 6) is 0.980. The molecule has 0 aliphatic rings. The maximum atomic E-state index is 5.44. The number of hydrogen-bond acceptors (Lipinski definition) is 5. The molecule has 0 saturated heterocycles. The highest BCUT2D eigenvalue weighted by atomic mass is 16.5. The Morgan fingerprint density at radius 2 is 1.78 bits per heavy atom. The van der Waals surface area contributed by atoms with E-state index < -0.39 is 0 Å². The Morgan fingerprint density at radius 1 is 0.963 bits per heavy atom. The van der Waals surface area contributed by atoms with Crippen molar-refractivity contribution in [2.24, 2.45) is 0 Å². The number of pyridine rings is 2. The molecule has 2 heterocycles. The van der Waals surface area contributed by atoms with Gasteiger partial charge in [0.2, 0.25) is 5.88 Å². The summed E-state index contributed by atoms with van der Waals surface area (Å²) in [6.45, 7) is 5.79. The molecule has 3 rings (SSSR count).